The number of nitrogens with zero attached hydrogens (tertiary/aromatic N) is 2. The Labute approximate surface area is 141 Å². The van der Waals surface area contributed by atoms with Gasteiger partial charge in [-0.2, -0.15) is 0 Å². The van der Waals surface area contributed by atoms with E-state index < -0.39 is 0 Å². The van der Waals surface area contributed by atoms with E-state index in [-0.39, 0.29) is 6.23 Å². The van der Waals surface area contributed by atoms with Crippen LogP contribution >= 0.6 is 0 Å². The summed E-state index contributed by atoms with van der Waals surface area (Å²) in [7, 11) is 1.69. The van der Waals surface area contributed by atoms with Crippen LogP contribution < -0.4 is 4.74 Å². The summed E-state index contributed by atoms with van der Waals surface area (Å²) in [6.45, 7) is 2.37. The first kappa shape index (κ1) is 15.1. The van der Waals surface area contributed by atoms with E-state index in [1.54, 1.807) is 13.4 Å². The van der Waals surface area contributed by atoms with Crippen molar-refractivity contribution >= 4 is 0 Å². The van der Waals surface area contributed by atoms with Crippen molar-refractivity contribution in [3.63, 3.8) is 0 Å². The minimum Gasteiger partial charge on any atom is -0.495 e. The van der Waals surface area contributed by atoms with Crippen LogP contribution in [0.4, 0.5) is 0 Å². The molecule has 0 radical (unpaired) electrons. The van der Waals surface area contributed by atoms with Crippen molar-refractivity contribution in [1.82, 2.24) is 9.47 Å². The summed E-state index contributed by atoms with van der Waals surface area (Å²) < 4.78 is 18.9. The lowest BCUT2D eigenvalue weighted by Gasteiger charge is -2.21. The summed E-state index contributed by atoms with van der Waals surface area (Å²) in [6, 6.07) is 14.0. The minimum absolute atomic E-state index is 0.0499. The molecule has 3 heterocycles. The lowest BCUT2D eigenvalue weighted by molar-refractivity contribution is 0.0258. The van der Waals surface area contributed by atoms with Crippen molar-refractivity contribution < 1.29 is 13.9 Å². The van der Waals surface area contributed by atoms with Gasteiger partial charge in [-0.3, -0.25) is 4.90 Å². The van der Waals surface area contributed by atoms with Crippen molar-refractivity contribution in [3.8, 4) is 11.4 Å². The van der Waals surface area contributed by atoms with Crippen molar-refractivity contribution in [3.05, 3.63) is 72.4 Å². The molecule has 0 aliphatic carbocycles. The van der Waals surface area contributed by atoms with Crippen LogP contribution in [0.3, 0.4) is 0 Å². The molecule has 1 atom stereocenters. The first-order chi connectivity index (χ1) is 11.8. The second kappa shape index (κ2) is 6.55. The summed E-state index contributed by atoms with van der Waals surface area (Å²) in [6.07, 6.45) is 5.80. The van der Waals surface area contributed by atoms with Crippen molar-refractivity contribution in [2.24, 2.45) is 0 Å². The number of methoxy groups -OCH3 is 1. The Morgan fingerprint density at radius 1 is 1.17 bits per heavy atom. The van der Waals surface area contributed by atoms with Crippen LogP contribution in [-0.2, 0) is 11.3 Å². The maximum absolute atomic E-state index is 5.95. The zero-order valence-corrected chi connectivity index (χ0v) is 13.6. The van der Waals surface area contributed by atoms with Gasteiger partial charge in [-0.1, -0.05) is 12.1 Å². The highest BCUT2D eigenvalue weighted by molar-refractivity contribution is 5.47. The number of hydrogen-bond acceptors (Lipinski definition) is 4. The molecule has 0 saturated carbocycles. The molecule has 24 heavy (non-hydrogen) atoms. The maximum atomic E-state index is 5.95. The molecule has 5 heteroatoms. The standard InChI is InChI=1S/C19H20N2O3/c1-22-18-7-3-2-6-17(18)20-9-8-15(13-20)19-21(10-12-24-19)14-16-5-4-11-23-16/h2-9,11,13,19H,10,12,14H2,1H3. The highest BCUT2D eigenvalue weighted by Crippen LogP contribution is 2.31. The molecule has 0 spiro atoms. The molecule has 124 valence electrons. The SMILES string of the molecule is COc1ccccc1-n1ccc(C2OCCN2Cc2ccco2)c1. The van der Waals surface area contributed by atoms with E-state index in [1.807, 2.05) is 42.6 Å². The second-order valence-electron chi connectivity index (χ2n) is 5.80. The average Bonchev–Trinajstić information content (AvgIpc) is 3.36. The molecule has 1 unspecified atom stereocenters. The van der Waals surface area contributed by atoms with E-state index in [1.165, 1.54) is 0 Å². The molecule has 1 fully saturated rings. The fraction of sp³-hybridized carbons (Fsp3) is 0.263. The maximum Gasteiger partial charge on any atom is 0.142 e. The highest BCUT2D eigenvalue weighted by Gasteiger charge is 2.28. The van der Waals surface area contributed by atoms with Crippen molar-refractivity contribution in [1.29, 1.82) is 0 Å². The van der Waals surface area contributed by atoms with Gasteiger partial charge in [-0.25, -0.2) is 0 Å². The van der Waals surface area contributed by atoms with Crippen LogP contribution in [0.5, 0.6) is 5.75 Å². The Morgan fingerprint density at radius 3 is 2.92 bits per heavy atom. The van der Waals surface area contributed by atoms with Gasteiger partial charge in [0.05, 0.1) is 32.2 Å². The van der Waals surface area contributed by atoms with E-state index in [0.717, 1.165) is 42.5 Å². The monoisotopic (exact) mass is 324 g/mol. The summed E-state index contributed by atoms with van der Waals surface area (Å²) in [5.74, 6) is 1.80. The lowest BCUT2D eigenvalue weighted by Crippen LogP contribution is -2.22. The van der Waals surface area contributed by atoms with Gasteiger partial charge in [-0.15, -0.1) is 0 Å². The van der Waals surface area contributed by atoms with Crippen LogP contribution in [-0.4, -0.2) is 29.7 Å². The number of rotatable bonds is 5. The van der Waals surface area contributed by atoms with Crippen LogP contribution in [0.1, 0.15) is 17.6 Å². The summed E-state index contributed by atoms with van der Waals surface area (Å²) >= 11 is 0. The van der Waals surface area contributed by atoms with Gasteiger partial charge >= 0.3 is 0 Å². The summed E-state index contributed by atoms with van der Waals surface area (Å²) in [5.41, 5.74) is 2.15. The summed E-state index contributed by atoms with van der Waals surface area (Å²) in [4.78, 5) is 2.28. The van der Waals surface area contributed by atoms with Crippen LogP contribution in [0.25, 0.3) is 5.69 Å². The zero-order valence-electron chi connectivity index (χ0n) is 13.6. The first-order valence-electron chi connectivity index (χ1n) is 8.04. The van der Waals surface area contributed by atoms with Gasteiger partial charge in [0.1, 0.15) is 17.7 Å². The fourth-order valence-electron chi connectivity index (χ4n) is 3.13. The molecule has 0 N–H and O–H groups in total. The molecule has 1 aliphatic rings. The van der Waals surface area contributed by atoms with E-state index in [0.29, 0.717) is 0 Å². The van der Waals surface area contributed by atoms with Crippen molar-refractivity contribution in [2.45, 2.75) is 12.8 Å². The number of ether oxygens (including phenoxy) is 2. The predicted molar refractivity (Wildman–Crippen MR) is 90.1 cm³/mol. The molecule has 1 saturated heterocycles. The normalized spacial score (nSPS) is 18.1. The van der Waals surface area contributed by atoms with Crippen molar-refractivity contribution in [2.75, 3.05) is 20.3 Å². The number of benzene rings is 1. The molecule has 0 amide bonds. The van der Waals surface area contributed by atoms with E-state index >= 15 is 0 Å². The fourth-order valence-corrected chi connectivity index (χ4v) is 3.13. The number of aromatic nitrogens is 1. The Kier molecular flexibility index (Phi) is 4.11. The highest BCUT2D eigenvalue weighted by atomic mass is 16.5. The Bertz CT molecular complexity index is 795. The largest absolute Gasteiger partial charge is 0.495 e. The lowest BCUT2D eigenvalue weighted by atomic mass is 10.2. The molecule has 0 bridgehead atoms. The van der Waals surface area contributed by atoms with E-state index in [9.17, 15) is 0 Å². The summed E-state index contributed by atoms with van der Waals surface area (Å²) in [5, 5.41) is 0. The third kappa shape index (κ3) is 2.84. The van der Waals surface area contributed by atoms with Gasteiger partial charge in [0.15, 0.2) is 0 Å². The minimum atomic E-state index is -0.0499. The molecule has 1 aromatic carbocycles. The van der Waals surface area contributed by atoms with E-state index in [2.05, 4.69) is 21.7 Å². The third-order valence-corrected chi connectivity index (χ3v) is 4.29. The Hall–Kier alpha value is -2.50. The Morgan fingerprint density at radius 2 is 2.08 bits per heavy atom. The molecule has 2 aromatic heterocycles. The van der Waals surface area contributed by atoms with Crippen LogP contribution in [0.15, 0.2) is 65.5 Å². The molecule has 3 aromatic rings. The smallest absolute Gasteiger partial charge is 0.142 e. The van der Waals surface area contributed by atoms with Gasteiger partial charge in [-0.05, 0) is 30.3 Å². The third-order valence-electron chi connectivity index (χ3n) is 4.29. The predicted octanol–water partition coefficient (Wildman–Crippen LogP) is 3.61. The number of hydrogen-bond donors (Lipinski definition) is 0. The van der Waals surface area contributed by atoms with Gasteiger partial charge in [0, 0.05) is 24.5 Å². The first-order valence-corrected chi connectivity index (χ1v) is 8.04. The van der Waals surface area contributed by atoms with Crippen LogP contribution in [0.2, 0.25) is 0 Å². The molecular formula is C19H20N2O3. The molecule has 1 aliphatic heterocycles. The van der Waals surface area contributed by atoms with Gasteiger partial charge in [0.2, 0.25) is 0 Å². The number of para-hydroxylation sites is 2. The molecular weight excluding hydrogens is 304 g/mol. The second-order valence-corrected chi connectivity index (χ2v) is 5.80. The van der Waals surface area contributed by atoms with Gasteiger partial charge < -0.3 is 18.5 Å². The van der Waals surface area contributed by atoms with Crippen LogP contribution in [0, 0.1) is 0 Å². The molecule has 5 nitrogen and oxygen atoms in total. The quantitative estimate of drug-likeness (QED) is 0.719. The average molecular weight is 324 g/mol. The molecule has 4 rings (SSSR count). The zero-order chi connectivity index (χ0) is 16.4. The van der Waals surface area contributed by atoms with Gasteiger partial charge in [0.25, 0.3) is 0 Å². The van der Waals surface area contributed by atoms with E-state index in [4.69, 9.17) is 13.9 Å². The topological polar surface area (TPSA) is 39.8 Å². The Balaban J connectivity index is 1.57. The number of furan rings is 1.